The Balaban J connectivity index is 1.55. The summed E-state index contributed by atoms with van der Waals surface area (Å²) in [5, 5.41) is 9.28. The van der Waals surface area contributed by atoms with E-state index in [4.69, 9.17) is 9.72 Å². The third-order valence-electron chi connectivity index (χ3n) is 7.49. The number of hydrogen-bond donors (Lipinski definition) is 1. The van der Waals surface area contributed by atoms with Gasteiger partial charge in [0.05, 0.1) is 24.8 Å². The maximum absolute atomic E-state index is 13.3. The number of carbonyl (C=O) groups excluding carboxylic acids is 1. The molecule has 1 N–H and O–H groups in total. The lowest BCUT2D eigenvalue weighted by molar-refractivity contribution is -0.122. The molecular weight excluding hydrogens is 420 g/mol. The molecule has 1 aliphatic heterocycles. The average molecular weight is 451 g/mol. The standard InChI is InChI=1S/C25H30N4O4/c1-28-20-14-26-22(13-15-10-11-16(25(31)32)12-21(15)33-2)27-23(20)29(17-6-3-4-7-17)19-9-5-8-18(19)24(28)30/h10-12,14,17-19H,3-9,13H2,1-2H3,(H,31,32)/t18-,19+/m0/s1. The minimum atomic E-state index is -0.993. The van der Waals surface area contributed by atoms with Crippen LogP contribution in [0.25, 0.3) is 0 Å². The summed E-state index contributed by atoms with van der Waals surface area (Å²) in [6, 6.07) is 5.46. The van der Waals surface area contributed by atoms with Gasteiger partial charge in [0.15, 0.2) is 5.82 Å². The van der Waals surface area contributed by atoms with E-state index in [0.29, 0.717) is 24.0 Å². The van der Waals surface area contributed by atoms with Crippen LogP contribution < -0.4 is 14.5 Å². The molecule has 0 bridgehead atoms. The number of carbonyl (C=O) groups is 2. The summed E-state index contributed by atoms with van der Waals surface area (Å²) in [6.07, 6.45) is 9.89. The van der Waals surface area contributed by atoms with E-state index >= 15 is 0 Å². The largest absolute Gasteiger partial charge is 0.496 e. The van der Waals surface area contributed by atoms with Crippen molar-refractivity contribution in [3.63, 3.8) is 0 Å². The Morgan fingerprint density at radius 1 is 1.18 bits per heavy atom. The fraction of sp³-hybridized carbons (Fsp3) is 0.520. The SMILES string of the molecule is COc1cc(C(=O)O)ccc1Cc1ncc2c(n1)N(C1CCCC1)[C@@H]1CCC[C@@H]1C(=O)N2C. The molecule has 1 aromatic heterocycles. The molecule has 2 atom stereocenters. The van der Waals surface area contributed by atoms with Crippen molar-refractivity contribution in [1.82, 2.24) is 9.97 Å². The summed E-state index contributed by atoms with van der Waals surface area (Å²) in [5.74, 6) is 1.18. The van der Waals surface area contributed by atoms with Crippen LogP contribution in [0.1, 0.15) is 66.7 Å². The van der Waals surface area contributed by atoms with Crippen molar-refractivity contribution in [2.75, 3.05) is 24.0 Å². The summed E-state index contributed by atoms with van der Waals surface area (Å²) in [4.78, 5) is 38.4. The van der Waals surface area contributed by atoms with Crippen LogP contribution in [0.5, 0.6) is 5.75 Å². The summed E-state index contributed by atoms with van der Waals surface area (Å²) < 4.78 is 5.45. The highest BCUT2D eigenvalue weighted by Crippen LogP contribution is 2.44. The predicted octanol–water partition coefficient (Wildman–Crippen LogP) is 3.67. The first-order chi connectivity index (χ1) is 16.0. The lowest BCUT2D eigenvalue weighted by Gasteiger charge is -2.36. The number of carboxylic acids is 1. The monoisotopic (exact) mass is 450 g/mol. The Hall–Kier alpha value is -3.16. The molecule has 8 nitrogen and oxygen atoms in total. The van der Waals surface area contributed by atoms with E-state index in [1.165, 1.54) is 26.0 Å². The lowest BCUT2D eigenvalue weighted by Crippen LogP contribution is -2.46. The summed E-state index contributed by atoms with van der Waals surface area (Å²) in [6.45, 7) is 0. The lowest BCUT2D eigenvalue weighted by atomic mass is 9.99. The average Bonchev–Trinajstić information content (AvgIpc) is 3.50. The number of ether oxygens (including phenoxy) is 1. The van der Waals surface area contributed by atoms with Gasteiger partial charge in [-0.2, -0.15) is 0 Å². The van der Waals surface area contributed by atoms with Crippen LogP contribution in [0.4, 0.5) is 11.5 Å². The Kier molecular flexibility index (Phi) is 5.68. The van der Waals surface area contributed by atoms with E-state index in [9.17, 15) is 14.7 Å². The minimum absolute atomic E-state index is 0.0110. The molecule has 0 radical (unpaired) electrons. The van der Waals surface area contributed by atoms with Crippen molar-refractivity contribution in [2.45, 2.75) is 63.5 Å². The number of anilines is 2. The van der Waals surface area contributed by atoms with Crippen molar-refractivity contribution in [3.8, 4) is 5.75 Å². The number of fused-ring (bicyclic) bond motifs is 2. The molecule has 2 aromatic rings. The van der Waals surface area contributed by atoms with Crippen molar-refractivity contribution >= 4 is 23.4 Å². The smallest absolute Gasteiger partial charge is 0.335 e. The highest BCUT2D eigenvalue weighted by atomic mass is 16.5. The van der Waals surface area contributed by atoms with Crippen molar-refractivity contribution in [2.24, 2.45) is 5.92 Å². The van der Waals surface area contributed by atoms with Gasteiger partial charge in [-0.05, 0) is 37.8 Å². The van der Waals surface area contributed by atoms with Crippen LogP contribution in [0.15, 0.2) is 24.4 Å². The summed E-state index contributed by atoms with van der Waals surface area (Å²) >= 11 is 0. The molecule has 3 aliphatic rings. The number of aromatic nitrogens is 2. The molecule has 33 heavy (non-hydrogen) atoms. The first-order valence-corrected chi connectivity index (χ1v) is 11.8. The third kappa shape index (κ3) is 3.81. The van der Waals surface area contributed by atoms with Crippen LogP contribution in [0.2, 0.25) is 0 Å². The van der Waals surface area contributed by atoms with Gasteiger partial charge in [-0.25, -0.2) is 14.8 Å². The third-order valence-corrected chi connectivity index (χ3v) is 7.49. The Labute approximate surface area is 193 Å². The molecule has 1 amide bonds. The fourth-order valence-corrected chi connectivity index (χ4v) is 5.82. The van der Waals surface area contributed by atoms with Gasteiger partial charge in [0.25, 0.3) is 0 Å². The van der Waals surface area contributed by atoms with Crippen LogP contribution in [0.3, 0.4) is 0 Å². The van der Waals surface area contributed by atoms with Gasteiger partial charge in [0.1, 0.15) is 17.3 Å². The number of carboxylic acid groups (broad SMARTS) is 1. The highest BCUT2D eigenvalue weighted by Gasteiger charge is 2.45. The first kappa shape index (κ1) is 21.7. The first-order valence-electron chi connectivity index (χ1n) is 11.8. The summed E-state index contributed by atoms with van der Waals surface area (Å²) in [7, 11) is 3.37. The second-order valence-corrected chi connectivity index (χ2v) is 9.35. The van der Waals surface area contributed by atoms with E-state index in [0.717, 1.165) is 49.2 Å². The zero-order valence-corrected chi connectivity index (χ0v) is 19.2. The van der Waals surface area contributed by atoms with Gasteiger partial charge in [0, 0.05) is 31.1 Å². The number of rotatable bonds is 5. The van der Waals surface area contributed by atoms with Crippen molar-refractivity contribution in [1.29, 1.82) is 0 Å². The van der Waals surface area contributed by atoms with Crippen LogP contribution in [-0.4, -0.2) is 53.2 Å². The van der Waals surface area contributed by atoms with Gasteiger partial charge in [-0.3, -0.25) is 4.79 Å². The van der Waals surface area contributed by atoms with Gasteiger partial charge in [0.2, 0.25) is 5.91 Å². The molecule has 0 saturated heterocycles. The van der Waals surface area contributed by atoms with Gasteiger partial charge < -0.3 is 19.6 Å². The zero-order chi connectivity index (χ0) is 23.1. The Morgan fingerprint density at radius 2 is 1.97 bits per heavy atom. The maximum Gasteiger partial charge on any atom is 0.335 e. The molecule has 2 fully saturated rings. The Bertz CT molecular complexity index is 1080. The number of amides is 1. The second kappa shape index (κ2) is 8.65. The number of hydrogen-bond acceptors (Lipinski definition) is 6. The molecule has 2 heterocycles. The molecule has 0 spiro atoms. The van der Waals surface area contributed by atoms with Gasteiger partial charge in [-0.1, -0.05) is 25.3 Å². The molecular formula is C25H30N4O4. The predicted molar refractivity (Wildman–Crippen MR) is 124 cm³/mol. The van der Waals surface area contributed by atoms with Gasteiger partial charge in [-0.15, -0.1) is 0 Å². The van der Waals surface area contributed by atoms with Crippen LogP contribution in [0, 0.1) is 5.92 Å². The quantitative estimate of drug-likeness (QED) is 0.742. The molecule has 174 valence electrons. The molecule has 8 heteroatoms. The van der Waals surface area contributed by atoms with Gasteiger partial charge >= 0.3 is 5.97 Å². The Morgan fingerprint density at radius 3 is 2.70 bits per heavy atom. The normalized spacial score (nSPS) is 22.8. The van der Waals surface area contributed by atoms with E-state index in [2.05, 4.69) is 9.88 Å². The van der Waals surface area contributed by atoms with Crippen LogP contribution >= 0.6 is 0 Å². The van der Waals surface area contributed by atoms with Crippen molar-refractivity contribution < 1.29 is 19.4 Å². The number of methoxy groups -OCH3 is 1. The molecule has 1 aromatic carbocycles. The minimum Gasteiger partial charge on any atom is -0.496 e. The fourth-order valence-electron chi connectivity index (χ4n) is 5.82. The van der Waals surface area contributed by atoms with E-state index in [1.807, 2.05) is 7.05 Å². The number of aromatic carboxylic acids is 1. The van der Waals surface area contributed by atoms with E-state index in [1.54, 1.807) is 23.2 Å². The van der Waals surface area contributed by atoms with E-state index < -0.39 is 5.97 Å². The number of benzene rings is 1. The maximum atomic E-state index is 13.3. The zero-order valence-electron chi connectivity index (χ0n) is 19.2. The number of nitrogens with zero attached hydrogens (tertiary/aromatic N) is 4. The molecule has 2 aliphatic carbocycles. The summed E-state index contributed by atoms with van der Waals surface area (Å²) in [5.41, 5.74) is 1.78. The van der Waals surface area contributed by atoms with Crippen molar-refractivity contribution in [3.05, 3.63) is 41.3 Å². The molecule has 0 unspecified atom stereocenters. The highest BCUT2D eigenvalue weighted by molar-refractivity contribution is 5.99. The molecule has 2 saturated carbocycles. The second-order valence-electron chi connectivity index (χ2n) is 9.35. The van der Waals surface area contributed by atoms with Crippen LogP contribution in [-0.2, 0) is 11.2 Å². The topological polar surface area (TPSA) is 95.9 Å². The molecule has 5 rings (SSSR count). The van der Waals surface area contributed by atoms with E-state index in [-0.39, 0.29) is 23.4 Å².